The Bertz CT molecular complexity index is 791. The van der Waals surface area contributed by atoms with Crippen LogP contribution in [0.2, 0.25) is 0 Å². The lowest BCUT2D eigenvalue weighted by Gasteiger charge is -2.27. The van der Waals surface area contributed by atoms with Gasteiger partial charge in [-0.1, -0.05) is 102 Å². The summed E-state index contributed by atoms with van der Waals surface area (Å²) in [5.74, 6) is 2.10. The van der Waals surface area contributed by atoms with Crippen LogP contribution >= 0.6 is 0 Å². The van der Waals surface area contributed by atoms with Crippen molar-refractivity contribution in [3.8, 4) is 16.9 Å². The zero-order chi connectivity index (χ0) is 22.6. The Labute approximate surface area is 195 Å². The van der Waals surface area contributed by atoms with Gasteiger partial charge in [-0.3, -0.25) is 4.79 Å². The number of benzene rings is 2. The van der Waals surface area contributed by atoms with E-state index in [1.165, 1.54) is 74.5 Å². The van der Waals surface area contributed by atoms with E-state index in [1.807, 2.05) is 0 Å². The minimum atomic E-state index is 0.0969. The van der Waals surface area contributed by atoms with Gasteiger partial charge in [-0.15, -0.1) is 0 Å². The zero-order valence-corrected chi connectivity index (χ0v) is 20.3. The molecule has 2 aromatic rings. The normalized spacial score (nSPS) is 18.6. The molecule has 0 aliphatic heterocycles. The lowest BCUT2D eigenvalue weighted by molar-refractivity contribution is -0.123. The molecule has 1 fully saturated rings. The molecule has 0 radical (unpaired) electrons. The smallest absolute Gasteiger partial charge is 0.140 e. The molecule has 0 saturated heterocycles. The van der Waals surface area contributed by atoms with Crippen molar-refractivity contribution in [1.29, 1.82) is 0 Å². The molecule has 2 atom stereocenters. The number of Topliss-reactive ketones (excluding diaryl/α,β-unsaturated/α-hetero) is 1. The average Bonchev–Trinajstić information content (AvgIpc) is 2.83. The fourth-order valence-electron chi connectivity index (χ4n) is 4.91. The average molecular weight is 435 g/mol. The first kappa shape index (κ1) is 24.6. The Kier molecular flexibility index (Phi) is 10.3. The monoisotopic (exact) mass is 434 g/mol. The van der Waals surface area contributed by atoms with Crippen molar-refractivity contribution in [3.63, 3.8) is 0 Å². The molecule has 1 saturated carbocycles. The highest BCUT2D eigenvalue weighted by molar-refractivity contribution is 5.86. The van der Waals surface area contributed by atoms with Gasteiger partial charge in [-0.25, -0.2) is 0 Å². The summed E-state index contributed by atoms with van der Waals surface area (Å²) >= 11 is 0. The number of hydrogen-bond acceptors (Lipinski definition) is 2. The third-order valence-electron chi connectivity index (χ3n) is 6.98. The highest BCUT2D eigenvalue weighted by Gasteiger charge is 2.29. The van der Waals surface area contributed by atoms with Gasteiger partial charge in [0.15, 0.2) is 0 Å². The van der Waals surface area contributed by atoms with Crippen molar-refractivity contribution in [3.05, 3.63) is 54.1 Å². The first-order valence-corrected chi connectivity index (χ1v) is 13.1. The van der Waals surface area contributed by atoms with Crippen LogP contribution in [0.15, 0.2) is 48.5 Å². The third kappa shape index (κ3) is 7.50. The van der Waals surface area contributed by atoms with Crippen molar-refractivity contribution < 1.29 is 9.53 Å². The second-order valence-corrected chi connectivity index (χ2v) is 9.57. The first-order valence-electron chi connectivity index (χ1n) is 13.1. The molecule has 0 spiro atoms. The number of hydrogen-bond donors (Lipinski definition) is 0. The van der Waals surface area contributed by atoms with Crippen LogP contribution in [0.5, 0.6) is 5.75 Å². The lowest BCUT2D eigenvalue weighted by Crippen LogP contribution is -2.23. The molecule has 2 nitrogen and oxygen atoms in total. The van der Waals surface area contributed by atoms with Crippen LogP contribution in [0.1, 0.15) is 102 Å². The van der Waals surface area contributed by atoms with Gasteiger partial charge in [0.2, 0.25) is 0 Å². The molecule has 32 heavy (non-hydrogen) atoms. The Morgan fingerprint density at radius 1 is 0.750 bits per heavy atom. The van der Waals surface area contributed by atoms with Crippen LogP contribution in [-0.4, -0.2) is 12.4 Å². The highest BCUT2D eigenvalue weighted by Crippen LogP contribution is 2.36. The fourth-order valence-corrected chi connectivity index (χ4v) is 4.91. The van der Waals surface area contributed by atoms with Crippen LogP contribution < -0.4 is 4.74 Å². The number of rotatable bonds is 13. The molecule has 0 aromatic heterocycles. The van der Waals surface area contributed by atoms with E-state index < -0.39 is 0 Å². The molecule has 1 aliphatic carbocycles. The van der Waals surface area contributed by atoms with E-state index in [1.54, 1.807) is 0 Å². The van der Waals surface area contributed by atoms with Crippen LogP contribution in [0.25, 0.3) is 11.1 Å². The molecule has 0 N–H and O–H groups in total. The van der Waals surface area contributed by atoms with Crippen molar-refractivity contribution >= 4 is 5.78 Å². The third-order valence-corrected chi connectivity index (χ3v) is 6.98. The van der Waals surface area contributed by atoms with E-state index in [2.05, 4.69) is 62.4 Å². The number of carbonyl (C=O) groups excluding carboxylic acids is 1. The van der Waals surface area contributed by atoms with Gasteiger partial charge in [0.1, 0.15) is 11.5 Å². The van der Waals surface area contributed by atoms with Crippen LogP contribution in [0, 0.1) is 5.92 Å². The van der Waals surface area contributed by atoms with Crippen LogP contribution in [0.4, 0.5) is 0 Å². The van der Waals surface area contributed by atoms with E-state index in [0.717, 1.165) is 31.6 Å². The van der Waals surface area contributed by atoms with Gasteiger partial charge in [-0.2, -0.15) is 0 Å². The van der Waals surface area contributed by atoms with Gasteiger partial charge < -0.3 is 4.74 Å². The molecule has 3 rings (SSSR count). The van der Waals surface area contributed by atoms with Gasteiger partial charge in [-0.05, 0) is 54.0 Å². The maximum Gasteiger partial charge on any atom is 0.140 e. The van der Waals surface area contributed by atoms with E-state index in [4.69, 9.17) is 4.74 Å². The Morgan fingerprint density at radius 2 is 1.38 bits per heavy atom. The van der Waals surface area contributed by atoms with Gasteiger partial charge in [0.25, 0.3) is 0 Å². The fraction of sp³-hybridized carbons (Fsp3) is 0.567. The van der Waals surface area contributed by atoms with Crippen molar-refractivity contribution in [2.45, 2.75) is 96.8 Å². The number of carbonyl (C=O) groups is 1. The van der Waals surface area contributed by atoms with Crippen LogP contribution in [-0.2, 0) is 4.79 Å². The summed E-state index contributed by atoms with van der Waals surface area (Å²) in [6, 6.07) is 17.1. The van der Waals surface area contributed by atoms with Gasteiger partial charge >= 0.3 is 0 Å². The molecule has 1 aliphatic rings. The second kappa shape index (κ2) is 13.5. The maximum atomic E-state index is 12.7. The summed E-state index contributed by atoms with van der Waals surface area (Å²) in [4.78, 5) is 12.7. The van der Waals surface area contributed by atoms with Gasteiger partial charge in [0, 0.05) is 12.3 Å². The quantitative estimate of drug-likeness (QED) is 0.295. The molecule has 0 bridgehead atoms. The standard InChI is InChI=1S/C30H42O2/c1-3-5-7-8-9-10-22-32-28-19-17-26(18-20-28)25-13-15-27(16-14-25)29-21-12-24(11-6-4-2)23-30(29)31/h13-20,24,29H,3-12,21-23H2,1-2H3. The predicted octanol–water partition coefficient (Wildman–Crippen LogP) is 8.74. The first-order chi connectivity index (χ1) is 15.7. The molecule has 2 aromatic carbocycles. The topological polar surface area (TPSA) is 26.3 Å². The SMILES string of the molecule is CCCCCCCCOc1ccc(-c2ccc(C3CCC(CCCC)CC3=O)cc2)cc1. The molecule has 174 valence electrons. The second-order valence-electron chi connectivity index (χ2n) is 9.57. The Balaban J connectivity index is 1.47. The van der Waals surface area contributed by atoms with E-state index >= 15 is 0 Å². The number of ether oxygens (including phenoxy) is 1. The number of unbranched alkanes of at least 4 members (excludes halogenated alkanes) is 6. The zero-order valence-electron chi connectivity index (χ0n) is 20.3. The van der Waals surface area contributed by atoms with E-state index in [-0.39, 0.29) is 5.92 Å². The van der Waals surface area contributed by atoms with Gasteiger partial charge in [0.05, 0.1) is 6.61 Å². The summed E-state index contributed by atoms with van der Waals surface area (Å²) in [5, 5.41) is 0. The minimum absolute atomic E-state index is 0.0969. The van der Waals surface area contributed by atoms with E-state index in [9.17, 15) is 4.79 Å². The van der Waals surface area contributed by atoms with Crippen molar-refractivity contribution in [1.82, 2.24) is 0 Å². The molecule has 0 amide bonds. The lowest BCUT2D eigenvalue weighted by atomic mass is 9.76. The summed E-state index contributed by atoms with van der Waals surface area (Å²) in [6.45, 7) is 5.28. The molecule has 2 heteroatoms. The Hall–Kier alpha value is -2.09. The van der Waals surface area contributed by atoms with Crippen molar-refractivity contribution in [2.24, 2.45) is 5.92 Å². The summed E-state index contributed by atoms with van der Waals surface area (Å²) < 4.78 is 5.91. The molecular weight excluding hydrogens is 392 g/mol. The molecule has 2 unspecified atom stereocenters. The van der Waals surface area contributed by atoms with Crippen LogP contribution in [0.3, 0.4) is 0 Å². The maximum absolute atomic E-state index is 12.7. The summed E-state index contributed by atoms with van der Waals surface area (Å²) in [7, 11) is 0. The largest absolute Gasteiger partial charge is 0.494 e. The van der Waals surface area contributed by atoms with Crippen molar-refractivity contribution in [2.75, 3.05) is 6.61 Å². The van der Waals surface area contributed by atoms with E-state index in [0.29, 0.717) is 11.7 Å². The summed E-state index contributed by atoms with van der Waals surface area (Å²) in [5.41, 5.74) is 3.57. The highest BCUT2D eigenvalue weighted by atomic mass is 16.5. The molecular formula is C30H42O2. The minimum Gasteiger partial charge on any atom is -0.494 e. The predicted molar refractivity (Wildman–Crippen MR) is 135 cm³/mol. The number of ketones is 1. The Morgan fingerprint density at radius 3 is 2.03 bits per heavy atom. The molecule has 0 heterocycles. The summed E-state index contributed by atoms with van der Waals surface area (Å²) in [6.07, 6.45) is 14.4.